The number of rotatable bonds is 12. The molecule has 2 aromatic heterocycles. The van der Waals surface area contributed by atoms with Crippen molar-refractivity contribution in [3.8, 4) is 0 Å². The van der Waals surface area contributed by atoms with Crippen molar-refractivity contribution in [3.63, 3.8) is 0 Å². The molecule has 1 aliphatic rings. The molecule has 3 amide bonds. The van der Waals surface area contributed by atoms with Gasteiger partial charge in [0.25, 0.3) is 5.91 Å². The zero-order chi connectivity index (χ0) is 27.1. The Morgan fingerprint density at radius 2 is 1.92 bits per heavy atom. The maximum Gasteiger partial charge on any atom is 0.252 e. The molecule has 4 N–H and O–H groups in total. The van der Waals surface area contributed by atoms with Gasteiger partial charge in [0.2, 0.25) is 11.8 Å². The van der Waals surface area contributed by atoms with E-state index in [0.29, 0.717) is 42.5 Å². The molecule has 1 atom stereocenters. The second kappa shape index (κ2) is 12.4. The van der Waals surface area contributed by atoms with Crippen molar-refractivity contribution in [2.24, 2.45) is 5.73 Å². The number of nitrogens with zero attached hydrogens (tertiary/aromatic N) is 4. The third kappa shape index (κ3) is 7.85. The van der Waals surface area contributed by atoms with Gasteiger partial charge in [-0.2, -0.15) is 0 Å². The van der Waals surface area contributed by atoms with Crippen LogP contribution in [0.1, 0.15) is 52.9 Å². The Morgan fingerprint density at radius 3 is 2.57 bits per heavy atom. The fraction of sp³-hybridized carbons (Fsp3) is 0.444. The number of aromatic nitrogens is 2. The van der Waals surface area contributed by atoms with Crippen LogP contribution in [-0.4, -0.2) is 77.8 Å². The van der Waals surface area contributed by atoms with Crippen LogP contribution in [0.5, 0.6) is 0 Å². The van der Waals surface area contributed by atoms with Gasteiger partial charge in [-0.05, 0) is 70.5 Å². The average Bonchev–Trinajstić information content (AvgIpc) is 3.69. The molecule has 0 aromatic carbocycles. The molecule has 0 spiro atoms. The zero-order valence-electron chi connectivity index (χ0n) is 22.2. The highest BCUT2D eigenvalue weighted by Crippen LogP contribution is 2.41. The van der Waals surface area contributed by atoms with Gasteiger partial charge in [0.05, 0.1) is 17.4 Å². The molecule has 10 heteroatoms. The summed E-state index contributed by atoms with van der Waals surface area (Å²) in [6, 6.07) is 3.08. The standard InChI is InChI=1S/C27H37N7O3/c1-17-13-22(25(28)36)26(32-24(17)20-8-9-20)31-21-14-19(15-29-16-21)10-11-30-27(37)18(2)34(5)23(35)7-6-12-33(3)4/h6-7,13-16,18,20H,8-12H2,1-5H3,(H2,28,36)(H,30,37)(H,31,32)/b7-6+. The lowest BCUT2D eigenvalue weighted by Crippen LogP contribution is -2.45. The molecule has 1 aliphatic carbocycles. The zero-order valence-corrected chi connectivity index (χ0v) is 22.2. The van der Waals surface area contributed by atoms with Crippen LogP contribution >= 0.6 is 0 Å². The minimum absolute atomic E-state index is 0.225. The highest BCUT2D eigenvalue weighted by molar-refractivity contribution is 5.98. The van der Waals surface area contributed by atoms with Crippen molar-refractivity contribution in [2.75, 3.05) is 39.5 Å². The van der Waals surface area contributed by atoms with Crippen LogP contribution in [0.2, 0.25) is 0 Å². The average molecular weight is 508 g/mol. The molecule has 2 aromatic rings. The number of carbonyl (C=O) groups is 3. The van der Waals surface area contributed by atoms with Gasteiger partial charge < -0.3 is 26.2 Å². The molecule has 0 aliphatic heterocycles. The number of nitrogens with two attached hydrogens (primary N) is 1. The molecular weight excluding hydrogens is 470 g/mol. The van der Waals surface area contributed by atoms with Gasteiger partial charge in [-0.3, -0.25) is 19.4 Å². The van der Waals surface area contributed by atoms with E-state index in [9.17, 15) is 14.4 Å². The fourth-order valence-electron chi connectivity index (χ4n) is 3.84. The topological polar surface area (TPSA) is 134 Å². The number of amides is 3. The third-order valence-electron chi connectivity index (χ3n) is 6.29. The van der Waals surface area contributed by atoms with Crippen molar-refractivity contribution < 1.29 is 14.4 Å². The Labute approximate surface area is 218 Å². The van der Waals surface area contributed by atoms with E-state index in [2.05, 4.69) is 15.6 Å². The molecule has 3 rings (SSSR count). The summed E-state index contributed by atoms with van der Waals surface area (Å²) in [6.07, 6.45) is 9.36. The number of nitrogens with one attached hydrogen (secondary N) is 2. The van der Waals surface area contributed by atoms with Gasteiger partial charge in [-0.15, -0.1) is 0 Å². The predicted octanol–water partition coefficient (Wildman–Crippen LogP) is 2.13. The fourth-order valence-corrected chi connectivity index (χ4v) is 3.84. The number of primary amides is 1. The molecule has 0 saturated heterocycles. The second-order valence-electron chi connectivity index (χ2n) is 9.76. The molecule has 0 bridgehead atoms. The van der Waals surface area contributed by atoms with Crippen LogP contribution in [0.15, 0.2) is 36.7 Å². The maximum atomic E-state index is 12.6. The van der Waals surface area contributed by atoms with Gasteiger partial charge in [0.15, 0.2) is 0 Å². The van der Waals surface area contributed by atoms with Crippen molar-refractivity contribution >= 4 is 29.2 Å². The summed E-state index contributed by atoms with van der Waals surface area (Å²) in [4.78, 5) is 49.2. The smallest absolute Gasteiger partial charge is 0.252 e. The van der Waals surface area contributed by atoms with E-state index in [-0.39, 0.29) is 11.8 Å². The van der Waals surface area contributed by atoms with Crippen molar-refractivity contribution in [1.29, 1.82) is 0 Å². The predicted molar refractivity (Wildman–Crippen MR) is 144 cm³/mol. The van der Waals surface area contributed by atoms with Crippen LogP contribution in [0.25, 0.3) is 0 Å². The molecule has 0 radical (unpaired) electrons. The summed E-state index contributed by atoms with van der Waals surface area (Å²) in [5, 5.41) is 6.08. The summed E-state index contributed by atoms with van der Waals surface area (Å²) in [7, 11) is 5.44. The van der Waals surface area contributed by atoms with E-state index in [1.165, 1.54) is 11.0 Å². The van der Waals surface area contributed by atoms with Crippen LogP contribution in [0, 0.1) is 6.92 Å². The van der Waals surface area contributed by atoms with Crippen molar-refractivity contribution in [2.45, 2.75) is 45.1 Å². The Bertz CT molecular complexity index is 1170. The summed E-state index contributed by atoms with van der Waals surface area (Å²) >= 11 is 0. The minimum atomic E-state index is -0.608. The summed E-state index contributed by atoms with van der Waals surface area (Å²) in [5.74, 6) is -0.146. The molecule has 2 heterocycles. The van der Waals surface area contributed by atoms with Crippen LogP contribution in [0.3, 0.4) is 0 Å². The quantitative estimate of drug-likeness (QED) is 0.375. The Hall–Kier alpha value is -3.79. The van der Waals surface area contributed by atoms with Gasteiger partial charge in [-0.1, -0.05) is 6.08 Å². The first-order chi connectivity index (χ1) is 17.6. The number of carbonyl (C=O) groups excluding carboxylic acids is 3. The van der Waals surface area contributed by atoms with Gasteiger partial charge in [0, 0.05) is 44.0 Å². The van der Waals surface area contributed by atoms with E-state index in [4.69, 9.17) is 10.7 Å². The van der Waals surface area contributed by atoms with E-state index in [1.54, 1.807) is 38.5 Å². The SMILES string of the molecule is Cc1cc(C(N)=O)c(Nc2cncc(CCNC(=O)C(C)N(C)C(=O)/C=C/CN(C)C)c2)nc1C1CC1. The Morgan fingerprint density at radius 1 is 1.19 bits per heavy atom. The van der Waals surface area contributed by atoms with Gasteiger partial charge >= 0.3 is 0 Å². The third-order valence-corrected chi connectivity index (χ3v) is 6.29. The highest BCUT2D eigenvalue weighted by Gasteiger charge is 2.28. The van der Waals surface area contributed by atoms with E-state index in [0.717, 1.165) is 29.7 Å². The molecule has 198 valence electrons. The number of likely N-dealkylation sites (N-methyl/N-ethyl adjacent to an activating group) is 2. The molecule has 1 fully saturated rings. The van der Waals surface area contributed by atoms with Gasteiger partial charge in [0.1, 0.15) is 11.9 Å². The largest absolute Gasteiger partial charge is 0.365 e. The first kappa shape index (κ1) is 27.8. The summed E-state index contributed by atoms with van der Waals surface area (Å²) in [5.41, 5.74) is 9.46. The molecule has 1 saturated carbocycles. The first-order valence-corrected chi connectivity index (χ1v) is 12.4. The Kier molecular flexibility index (Phi) is 9.35. The van der Waals surface area contributed by atoms with E-state index >= 15 is 0 Å². The summed E-state index contributed by atoms with van der Waals surface area (Å²) in [6.45, 7) is 4.67. The van der Waals surface area contributed by atoms with Crippen LogP contribution in [-0.2, 0) is 16.0 Å². The molecule has 37 heavy (non-hydrogen) atoms. The highest BCUT2D eigenvalue weighted by atomic mass is 16.2. The first-order valence-electron chi connectivity index (χ1n) is 12.4. The van der Waals surface area contributed by atoms with Crippen LogP contribution in [0.4, 0.5) is 11.5 Å². The molecular formula is C27H37N7O3. The number of hydrogen-bond donors (Lipinski definition) is 3. The number of anilines is 2. The summed E-state index contributed by atoms with van der Waals surface area (Å²) < 4.78 is 0. The van der Waals surface area contributed by atoms with Crippen molar-refractivity contribution in [1.82, 2.24) is 25.1 Å². The minimum Gasteiger partial charge on any atom is -0.365 e. The van der Waals surface area contributed by atoms with Crippen molar-refractivity contribution in [3.05, 3.63) is 59.1 Å². The second-order valence-corrected chi connectivity index (χ2v) is 9.76. The molecule has 10 nitrogen and oxygen atoms in total. The normalized spacial score (nSPS) is 14.0. The Balaban J connectivity index is 1.58. The number of hydrogen-bond acceptors (Lipinski definition) is 7. The van der Waals surface area contributed by atoms with E-state index in [1.807, 2.05) is 32.0 Å². The lowest BCUT2D eigenvalue weighted by atomic mass is 10.1. The van der Waals surface area contributed by atoms with Gasteiger partial charge in [-0.25, -0.2) is 4.98 Å². The lowest BCUT2D eigenvalue weighted by molar-refractivity contribution is -0.135. The lowest BCUT2D eigenvalue weighted by Gasteiger charge is -2.23. The number of pyridine rings is 2. The maximum absolute atomic E-state index is 12.6. The number of aryl methyl sites for hydroxylation is 1. The monoisotopic (exact) mass is 507 g/mol. The van der Waals surface area contributed by atoms with E-state index < -0.39 is 11.9 Å². The molecule has 1 unspecified atom stereocenters. The van der Waals surface area contributed by atoms with Crippen LogP contribution < -0.4 is 16.4 Å².